The molecule has 0 saturated carbocycles. The SMILES string of the molecule is CCCNc1cccc(C(=O)N2CCCCC2CCC)n1. The molecule has 2 heterocycles. The smallest absolute Gasteiger partial charge is 0.272 e. The molecular weight excluding hydrogens is 262 g/mol. The summed E-state index contributed by atoms with van der Waals surface area (Å²) in [6.45, 7) is 6.06. The topological polar surface area (TPSA) is 45.2 Å². The van der Waals surface area contributed by atoms with Crippen LogP contribution in [0, 0.1) is 0 Å². The monoisotopic (exact) mass is 289 g/mol. The number of aromatic nitrogens is 1. The molecule has 4 heteroatoms. The van der Waals surface area contributed by atoms with Crippen molar-refractivity contribution in [1.82, 2.24) is 9.88 Å². The van der Waals surface area contributed by atoms with Crippen LogP contribution >= 0.6 is 0 Å². The van der Waals surface area contributed by atoms with Gasteiger partial charge in [0.25, 0.3) is 5.91 Å². The highest BCUT2D eigenvalue weighted by molar-refractivity contribution is 5.93. The zero-order valence-electron chi connectivity index (χ0n) is 13.3. The summed E-state index contributed by atoms with van der Waals surface area (Å²) < 4.78 is 0. The van der Waals surface area contributed by atoms with E-state index in [4.69, 9.17) is 0 Å². The zero-order chi connectivity index (χ0) is 15.1. The number of likely N-dealkylation sites (tertiary alicyclic amines) is 1. The second-order valence-corrected chi connectivity index (χ2v) is 5.77. The van der Waals surface area contributed by atoms with Crippen LogP contribution in [-0.2, 0) is 0 Å². The van der Waals surface area contributed by atoms with Gasteiger partial charge in [-0.25, -0.2) is 4.98 Å². The Bertz CT molecular complexity index is 459. The first-order valence-corrected chi connectivity index (χ1v) is 8.28. The fourth-order valence-corrected chi connectivity index (χ4v) is 2.95. The number of carbonyl (C=O) groups is 1. The van der Waals surface area contributed by atoms with E-state index >= 15 is 0 Å². The molecule has 1 aliphatic rings. The van der Waals surface area contributed by atoms with E-state index in [-0.39, 0.29) is 5.91 Å². The summed E-state index contributed by atoms with van der Waals surface area (Å²) in [6, 6.07) is 6.06. The highest BCUT2D eigenvalue weighted by Crippen LogP contribution is 2.22. The van der Waals surface area contributed by atoms with Crippen LogP contribution in [0.5, 0.6) is 0 Å². The molecule has 0 bridgehead atoms. The van der Waals surface area contributed by atoms with Crippen molar-refractivity contribution < 1.29 is 4.79 Å². The van der Waals surface area contributed by atoms with Crippen LogP contribution in [0.2, 0.25) is 0 Å². The summed E-state index contributed by atoms with van der Waals surface area (Å²) in [7, 11) is 0. The molecule has 1 fully saturated rings. The molecule has 4 nitrogen and oxygen atoms in total. The third-order valence-electron chi connectivity index (χ3n) is 4.03. The summed E-state index contributed by atoms with van der Waals surface area (Å²) >= 11 is 0. The summed E-state index contributed by atoms with van der Waals surface area (Å²) in [5, 5.41) is 3.25. The lowest BCUT2D eigenvalue weighted by Gasteiger charge is -2.35. The minimum Gasteiger partial charge on any atom is -0.370 e. The molecule has 0 radical (unpaired) electrons. The zero-order valence-corrected chi connectivity index (χ0v) is 13.3. The standard InChI is InChI=1S/C17H27N3O/c1-3-8-14-9-5-6-13-20(14)17(21)15-10-7-11-16(19-15)18-12-4-2/h7,10-11,14H,3-6,8-9,12-13H2,1-2H3,(H,18,19). The number of hydrogen-bond donors (Lipinski definition) is 1. The molecule has 1 unspecified atom stereocenters. The van der Waals surface area contributed by atoms with E-state index in [1.807, 2.05) is 23.1 Å². The Labute approximate surface area is 127 Å². The van der Waals surface area contributed by atoms with E-state index in [0.717, 1.165) is 51.0 Å². The van der Waals surface area contributed by atoms with Gasteiger partial charge < -0.3 is 10.2 Å². The van der Waals surface area contributed by atoms with Crippen molar-refractivity contribution in [2.24, 2.45) is 0 Å². The van der Waals surface area contributed by atoms with Crippen LogP contribution in [-0.4, -0.2) is 34.9 Å². The molecule has 1 amide bonds. The third kappa shape index (κ3) is 4.19. The normalized spacial score (nSPS) is 18.6. The first kappa shape index (κ1) is 15.8. The van der Waals surface area contributed by atoms with E-state index < -0.39 is 0 Å². The Morgan fingerprint density at radius 1 is 1.33 bits per heavy atom. The quantitative estimate of drug-likeness (QED) is 0.868. The first-order chi connectivity index (χ1) is 10.3. The van der Waals surface area contributed by atoms with Gasteiger partial charge in [0.15, 0.2) is 0 Å². The molecular formula is C17H27N3O. The van der Waals surface area contributed by atoms with Gasteiger partial charge in [0.1, 0.15) is 11.5 Å². The molecule has 0 spiro atoms. The van der Waals surface area contributed by atoms with Crippen LogP contribution < -0.4 is 5.32 Å². The predicted molar refractivity (Wildman–Crippen MR) is 86.6 cm³/mol. The second kappa shape index (κ2) is 8.01. The Morgan fingerprint density at radius 2 is 2.19 bits per heavy atom. The summed E-state index contributed by atoms with van der Waals surface area (Å²) in [4.78, 5) is 19.3. The molecule has 1 aromatic rings. The van der Waals surface area contributed by atoms with E-state index in [2.05, 4.69) is 24.1 Å². The van der Waals surface area contributed by atoms with Gasteiger partial charge in [-0.05, 0) is 44.2 Å². The molecule has 116 valence electrons. The number of rotatable bonds is 6. The fraction of sp³-hybridized carbons (Fsp3) is 0.647. The summed E-state index contributed by atoms with van der Waals surface area (Å²) in [5.74, 6) is 0.889. The van der Waals surface area contributed by atoms with Crippen molar-refractivity contribution in [3.8, 4) is 0 Å². The molecule has 21 heavy (non-hydrogen) atoms. The van der Waals surface area contributed by atoms with Crippen LogP contribution in [0.25, 0.3) is 0 Å². The minimum atomic E-state index is 0.0910. The van der Waals surface area contributed by atoms with Crippen molar-refractivity contribution in [2.75, 3.05) is 18.4 Å². The van der Waals surface area contributed by atoms with E-state index in [1.165, 1.54) is 6.42 Å². The molecule has 1 saturated heterocycles. The molecule has 0 aromatic carbocycles. The van der Waals surface area contributed by atoms with E-state index in [0.29, 0.717) is 11.7 Å². The lowest BCUT2D eigenvalue weighted by atomic mass is 9.98. The average Bonchev–Trinajstić information content (AvgIpc) is 2.53. The first-order valence-electron chi connectivity index (χ1n) is 8.28. The van der Waals surface area contributed by atoms with Gasteiger partial charge in [-0.3, -0.25) is 4.79 Å². The lowest BCUT2D eigenvalue weighted by molar-refractivity contribution is 0.0595. The molecule has 0 aliphatic carbocycles. The molecule has 1 N–H and O–H groups in total. The number of nitrogens with one attached hydrogen (secondary N) is 1. The van der Waals surface area contributed by atoms with Gasteiger partial charge in [-0.15, -0.1) is 0 Å². The van der Waals surface area contributed by atoms with Gasteiger partial charge in [-0.1, -0.05) is 26.3 Å². The number of hydrogen-bond acceptors (Lipinski definition) is 3. The number of anilines is 1. The predicted octanol–water partition coefficient (Wildman–Crippen LogP) is 3.70. The molecule has 1 aromatic heterocycles. The maximum Gasteiger partial charge on any atom is 0.272 e. The van der Waals surface area contributed by atoms with E-state index in [1.54, 1.807) is 0 Å². The molecule has 1 aliphatic heterocycles. The van der Waals surface area contributed by atoms with E-state index in [9.17, 15) is 4.79 Å². The van der Waals surface area contributed by atoms with Crippen LogP contribution in [0.4, 0.5) is 5.82 Å². The molecule has 2 rings (SSSR count). The van der Waals surface area contributed by atoms with Crippen molar-refractivity contribution in [3.63, 3.8) is 0 Å². The molecule has 1 atom stereocenters. The van der Waals surface area contributed by atoms with Gasteiger partial charge >= 0.3 is 0 Å². The number of carbonyl (C=O) groups excluding carboxylic acids is 1. The number of pyridine rings is 1. The highest BCUT2D eigenvalue weighted by atomic mass is 16.2. The second-order valence-electron chi connectivity index (χ2n) is 5.77. The van der Waals surface area contributed by atoms with Crippen molar-refractivity contribution >= 4 is 11.7 Å². The van der Waals surface area contributed by atoms with Crippen molar-refractivity contribution in [2.45, 2.75) is 58.4 Å². The summed E-state index contributed by atoms with van der Waals surface area (Å²) in [6.07, 6.45) is 6.75. The summed E-state index contributed by atoms with van der Waals surface area (Å²) in [5.41, 5.74) is 0.569. The number of nitrogens with zero attached hydrogens (tertiary/aromatic N) is 2. The van der Waals surface area contributed by atoms with Crippen molar-refractivity contribution in [3.05, 3.63) is 23.9 Å². The van der Waals surface area contributed by atoms with Crippen LogP contribution in [0.15, 0.2) is 18.2 Å². The fourth-order valence-electron chi connectivity index (χ4n) is 2.95. The largest absolute Gasteiger partial charge is 0.370 e. The average molecular weight is 289 g/mol. The number of piperidine rings is 1. The van der Waals surface area contributed by atoms with Gasteiger partial charge in [0.05, 0.1) is 0 Å². The lowest BCUT2D eigenvalue weighted by Crippen LogP contribution is -2.44. The van der Waals surface area contributed by atoms with Gasteiger partial charge in [-0.2, -0.15) is 0 Å². The van der Waals surface area contributed by atoms with Gasteiger partial charge in [0.2, 0.25) is 0 Å². The Balaban J connectivity index is 2.10. The minimum absolute atomic E-state index is 0.0910. The Kier molecular flexibility index (Phi) is 6.03. The Morgan fingerprint density at radius 3 is 2.95 bits per heavy atom. The van der Waals surface area contributed by atoms with Crippen molar-refractivity contribution in [1.29, 1.82) is 0 Å². The maximum absolute atomic E-state index is 12.7. The highest BCUT2D eigenvalue weighted by Gasteiger charge is 2.27. The van der Waals surface area contributed by atoms with Crippen LogP contribution in [0.3, 0.4) is 0 Å². The van der Waals surface area contributed by atoms with Crippen LogP contribution in [0.1, 0.15) is 62.9 Å². The third-order valence-corrected chi connectivity index (χ3v) is 4.03. The van der Waals surface area contributed by atoms with Gasteiger partial charge in [0, 0.05) is 19.1 Å². The maximum atomic E-state index is 12.7. The Hall–Kier alpha value is -1.58. The number of amides is 1.